The van der Waals surface area contributed by atoms with Crippen molar-refractivity contribution in [1.82, 2.24) is 0 Å². The maximum Gasteiger partial charge on any atom is 0.472 e. The molecule has 500 valence electrons. The Balaban J connectivity index is 4.69. The number of hydrogen-bond acceptors (Lipinski definition) is 14. The van der Waals surface area contributed by atoms with E-state index in [9.17, 15) is 43.5 Å². The summed E-state index contributed by atoms with van der Waals surface area (Å²) in [5, 5.41) is 20.5. The highest BCUT2D eigenvalue weighted by atomic mass is 31.2. The van der Waals surface area contributed by atoms with Gasteiger partial charge in [-0.1, -0.05) is 239 Å². The number of aliphatic hydroxyl groups is 2. The third kappa shape index (κ3) is 63.6. The van der Waals surface area contributed by atoms with Crippen molar-refractivity contribution in [3.63, 3.8) is 0 Å². The molecule has 0 aliphatic carbocycles. The molecule has 0 radical (unpaired) electrons. The molecule has 0 aromatic rings. The summed E-state index contributed by atoms with van der Waals surface area (Å²) in [4.78, 5) is 58.2. The van der Waals surface area contributed by atoms with Crippen LogP contribution in [0.4, 0.5) is 0 Å². The first-order valence-corrected chi connectivity index (χ1v) is 36.2. The Morgan fingerprint density at radius 3 is 1.03 bits per heavy atom. The zero-order valence-corrected chi connectivity index (χ0v) is 55.7. The third-order valence-corrected chi connectivity index (χ3v) is 15.4. The first kappa shape index (κ1) is 83.2. The lowest BCUT2D eigenvalue weighted by Crippen LogP contribution is -2.30. The van der Waals surface area contributed by atoms with Crippen molar-refractivity contribution in [2.24, 2.45) is 0 Å². The second kappa shape index (κ2) is 62.4. The van der Waals surface area contributed by atoms with Gasteiger partial charge in [-0.15, -0.1) is 0 Å². The lowest BCUT2D eigenvalue weighted by atomic mass is 10.0. The number of allylic oxidation sites excluding steroid dienone is 18. The van der Waals surface area contributed by atoms with Crippen molar-refractivity contribution in [2.75, 3.05) is 39.6 Å². The molecule has 0 saturated carbocycles. The van der Waals surface area contributed by atoms with Gasteiger partial charge >= 0.3 is 33.6 Å². The molecule has 0 aromatic carbocycles. The number of unbranched alkanes of at least 4 members (excludes halogenated alkanes) is 21. The summed E-state index contributed by atoms with van der Waals surface area (Å²) in [5.74, 6) is -1.66. The van der Waals surface area contributed by atoms with Crippen molar-refractivity contribution in [2.45, 2.75) is 270 Å². The molecule has 4 N–H and O–H groups in total. The fraction of sp³-hybridized carbons (Fsp3) is 0.696. The van der Waals surface area contributed by atoms with Crippen LogP contribution in [0.1, 0.15) is 252 Å². The Kier molecular flexibility index (Phi) is 59.7. The van der Waals surface area contributed by atoms with E-state index in [1.165, 1.54) is 77.0 Å². The molecule has 87 heavy (non-hydrogen) atoms. The highest BCUT2D eigenvalue weighted by molar-refractivity contribution is 7.47. The Morgan fingerprint density at radius 2 is 0.621 bits per heavy atom. The van der Waals surface area contributed by atoms with Crippen molar-refractivity contribution < 1.29 is 75.8 Å². The molecular weight excluding hydrogens is 1150 g/mol. The molecule has 0 amide bonds. The minimum Gasteiger partial charge on any atom is -0.463 e. The fourth-order valence-corrected chi connectivity index (χ4v) is 10.00. The lowest BCUT2D eigenvalue weighted by Gasteiger charge is -2.21. The van der Waals surface area contributed by atoms with Crippen LogP contribution in [0.25, 0.3) is 0 Å². The highest BCUT2D eigenvalue weighted by Crippen LogP contribution is 2.45. The van der Waals surface area contributed by atoms with Crippen molar-refractivity contribution in [1.29, 1.82) is 0 Å². The molecule has 16 nitrogen and oxygen atoms in total. The van der Waals surface area contributed by atoms with Gasteiger partial charge in [-0.05, 0) is 103 Å². The van der Waals surface area contributed by atoms with E-state index in [-0.39, 0.29) is 19.3 Å². The van der Waals surface area contributed by atoms with Gasteiger partial charge in [0, 0.05) is 19.3 Å². The summed E-state index contributed by atoms with van der Waals surface area (Å²) in [7, 11) is -9.79. The van der Waals surface area contributed by atoms with E-state index >= 15 is 0 Å². The smallest absolute Gasteiger partial charge is 0.463 e. The van der Waals surface area contributed by atoms with Gasteiger partial charge in [-0.25, -0.2) is 9.13 Å². The molecule has 0 spiro atoms. The summed E-state index contributed by atoms with van der Waals surface area (Å²) >= 11 is 0. The van der Waals surface area contributed by atoms with E-state index in [0.29, 0.717) is 25.7 Å². The van der Waals surface area contributed by atoms with E-state index in [1.54, 1.807) is 0 Å². The highest BCUT2D eigenvalue weighted by Gasteiger charge is 2.29. The molecule has 0 rings (SSSR count). The van der Waals surface area contributed by atoms with E-state index in [4.69, 9.17) is 32.3 Å². The summed E-state index contributed by atoms with van der Waals surface area (Å²) in [5.41, 5.74) is 0. The molecule has 5 atom stereocenters. The normalized spacial score (nSPS) is 15.0. The van der Waals surface area contributed by atoms with Crippen LogP contribution in [0, 0.1) is 0 Å². The monoisotopic (exact) mass is 1260 g/mol. The molecule has 0 heterocycles. The predicted molar refractivity (Wildman–Crippen MR) is 353 cm³/mol. The van der Waals surface area contributed by atoms with Crippen LogP contribution in [-0.4, -0.2) is 95.9 Å². The Hall–Kier alpha value is -3.79. The van der Waals surface area contributed by atoms with Crippen LogP contribution in [0.15, 0.2) is 109 Å². The molecule has 18 heteroatoms. The number of phosphoric acid groups is 2. The van der Waals surface area contributed by atoms with Crippen LogP contribution in [-0.2, 0) is 55.8 Å². The summed E-state index contributed by atoms with van der Waals surface area (Å²) in [6.07, 6.45) is 68.7. The molecule has 0 saturated heterocycles. The first-order valence-electron chi connectivity index (χ1n) is 33.2. The average Bonchev–Trinajstić information content (AvgIpc) is 3.69. The van der Waals surface area contributed by atoms with Crippen LogP contribution < -0.4 is 0 Å². The van der Waals surface area contributed by atoms with Crippen LogP contribution in [0.5, 0.6) is 0 Å². The Labute approximate surface area is 526 Å². The molecule has 0 aromatic heterocycles. The second-order valence-corrected chi connectivity index (χ2v) is 24.8. The van der Waals surface area contributed by atoms with Crippen LogP contribution in [0.2, 0.25) is 0 Å². The van der Waals surface area contributed by atoms with E-state index < -0.39 is 91.5 Å². The van der Waals surface area contributed by atoms with Crippen molar-refractivity contribution in [3.05, 3.63) is 109 Å². The number of esters is 3. The van der Waals surface area contributed by atoms with Crippen molar-refractivity contribution >= 4 is 33.6 Å². The quantitative estimate of drug-likeness (QED) is 0.0146. The fourth-order valence-electron chi connectivity index (χ4n) is 8.41. The predicted octanol–water partition coefficient (Wildman–Crippen LogP) is 18.1. The largest absolute Gasteiger partial charge is 0.472 e. The number of phosphoric ester groups is 2. The zero-order chi connectivity index (χ0) is 63.8. The minimum atomic E-state index is -4.93. The number of hydrogen-bond donors (Lipinski definition) is 4. The molecule has 0 aliphatic heterocycles. The van der Waals surface area contributed by atoms with Gasteiger partial charge in [0.05, 0.1) is 26.4 Å². The van der Waals surface area contributed by atoms with Gasteiger partial charge in [0.15, 0.2) is 6.10 Å². The topological polar surface area (TPSA) is 231 Å². The molecule has 5 unspecified atom stereocenters. The summed E-state index contributed by atoms with van der Waals surface area (Å²) in [6.45, 7) is 2.42. The Bertz CT molecular complexity index is 2030. The van der Waals surface area contributed by atoms with Crippen molar-refractivity contribution in [3.8, 4) is 0 Å². The maximum atomic E-state index is 12.9. The average molecular weight is 1270 g/mol. The second-order valence-electron chi connectivity index (χ2n) is 21.9. The number of ether oxygens (including phenoxy) is 3. The summed E-state index contributed by atoms with van der Waals surface area (Å²) in [6, 6.07) is 0. The maximum absolute atomic E-state index is 12.9. The number of carbonyl (C=O) groups excluding carboxylic acids is 3. The van der Waals surface area contributed by atoms with Gasteiger partial charge in [0.2, 0.25) is 0 Å². The molecule has 0 aliphatic rings. The minimum absolute atomic E-state index is 0.0913. The number of rotatable bonds is 62. The molecular formula is C69H118O16P2. The molecule has 0 fully saturated rings. The van der Waals surface area contributed by atoms with Crippen LogP contribution in [0.3, 0.4) is 0 Å². The third-order valence-electron chi connectivity index (χ3n) is 13.5. The van der Waals surface area contributed by atoms with E-state index in [2.05, 4.69) is 118 Å². The zero-order valence-electron chi connectivity index (χ0n) is 53.9. The lowest BCUT2D eigenvalue weighted by molar-refractivity contribution is -0.161. The van der Waals surface area contributed by atoms with Gasteiger partial charge < -0.3 is 34.2 Å². The van der Waals surface area contributed by atoms with Gasteiger partial charge in [-0.3, -0.25) is 32.5 Å². The molecule has 0 bridgehead atoms. The van der Waals surface area contributed by atoms with Crippen LogP contribution >= 0.6 is 15.6 Å². The standard InChI is InChI=1S/C69H118O16P2/c1-4-7-10-13-16-19-22-25-27-29-30-31-32-34-36-38-40-43-46-49-52-55-67(72)79-58-64(70)59-81-86(75,76)82-60-65(71)61-83-87(77,78)84-63-66(85-69(74)57-54-51-48-45-42-37-24-21-18-15-12-9-6-3)62-80-68(73)56-53-50-47-44-41-39-35-33-28-26-23-20-17-14-11-8-5-2/h8,11,16-17,19-20,25-28,30-31,34-36,39,44,47,64-66,70-71H,4-7,9-10,12-15,18,21-24,29,32-33,37-38,40-43,45-46,48-63H2,1-3H3,(H,75,76)(H,77,78)/b11-8-,19-16-,20-17-,27-25-,28-26-,31-30-,36-34-,39-35-,47-44-. The van der Waals surface area contributed by atoms with Gasteiger partial charge in [0.25, 0.3) is 0 Å². The number of carbonyl (C=O) groups is 3. The van der Waals surface area contributed by atoms with E-state index in [1.807, 2.05) is 12.2 Å². The SMILES string of the molecule is CC/C=C\C/C=C\C/C=C\C/C=C\C/C=C\CCCC(=O)OCC(COP(=O)(O)OCC(O)COP(=O)(O)OCC(O)COC(=O)CCCCCCC/C=C\C/C=C\C/C=C\C/C=C\CCCCC)OC(=O)CCCCCCCCCCCCCCC. The first-order chi connectivity index (χ1) is 42.2. The Morgan fingerprint density at radius 1 is 0.333 bits per heavy atom. The number of aliphatic hydroxyl groups excluding tert-OH is 2. The van der Waals surface area contributed by atoms with Gasteiger partial charge in [0.1, 0.15) is 25.4 Å². The van der Waals surface area contributed by atoms with E-state index in [0.717, 1.165) is 109 Å². The summed E-state index contributed by atoms with van der Waals surface area (Å²) < 4.78 is 60.7. The van der Waals surface area contributed by atoms with Gasteiger partial charge in [-0.2, -0.15) is 0 Å².